The second-order valence-electron chi connectivity index (χ2n) is 2.65. The van der Waals surface area contributed by atoms with E-state index in [0.717, 1.165) is 13.1 Å². The number of aliphatic hydroxyl groups is 1. The molecule has 0 aliphatic carbocycles. The van der Waals surface area contributed by atoms with Crippen molar-refractivity contribution in [2.75, 3.05) is 13.1 Å². The molecule has 2 radical (unpaired) electrons. The molecule has 2 N–H and O–H groups in total. The van der Waals surface area contributed by atoms with Crippen LogP contribution in [0.1, 0.15) is 6.42 Å². The highest BCUT2D eigenvalue weighted by Crippen LogP contribution is 2.21. The van der Waals surface area contributed by atoms with Crippen LogP contribution in [0.3, 0.4) is 0 Å². The minimum absolute atomic E-state index is 0.272. The van der Waals surface area contributed by atoms with Crippen LogP contribution in [0.4, 0.5) is 0 Å². The summed E-state index contributed by atoms with van der Waals surface area (Å²) in [5.41, 5.74) is 0. The quantitative estimate of drug-likeness (QED) is 0.498. The third kappa shape index (κ3) is 0.865. The zero-order valence-electron chi connectivity index (χ0n) is 5.67. The molecule has 0 spiro atoms. The summed E-state index contributed by atoms with van der Waals surface area (Å²) in [5.74, 6) is 0.473. The highest BCUT2D eigenvalue weighted by atomic mass is 16.3. The first-order valence-corrected chi connectivity index (χ1v) is 3.50. The average molecular weight is 138 g/mol. The largest absolute Gasteiger partial charge is 0.511 e. The van der Waals surface area contributed by atoms with Gasteiger partial charge in [0.15, 0.2) is 0 Å². The van der Waals surface area contributed by atoms with E-state index in [1.165, 1.54) is 0 Å². The second kappa shape index (κ2) is 2.16. The van der Waals surface area contributed by atoms with Crippen LogP contribution in [-0.2, 0) is 0 Å². The third-order valence-corrected chi connectivity index (χ3v) is 1.88. The Bertz CT molecular complexity index is 167. The van der Waals surface area contributed by atoms with Crippen LogP contribution in [0.25, 0.3) is 0 Å². The maximum absolute atomic E-state index is 9.11. The number of hydrogen-bond donors (Lipinski definition) is 2. The van der Waals surface area contributed by atoms with E-state index in [1.807, 2.05) is 0 Å². The van der Waals surface area contributed by atoms with Crippen LogP contribution in [0, 0.1) is 6.54 Å². The molecule has 0 amide bonds. The lowest BCUT2D eigenvalue weighted by molar-refractivity contribution is 0.279. The number of aliphatic hydroxyl groups excluding tert-OH is 1. The van der Waals surface area contributed by atoms with Crippen LogP contribution in [-0.4, -0.2) is 29.1 Å². The van der Waals surface area contributed by atoms with Gasteiger partial charge < -0.3 is 15.3 Å². The molecule has 0 saturated carbocycles. The molecule has 2 aliphatic heterocycles. The van der Waals surface area contributed by atoms with Gasteiger partial charge in [-0.25, -0.2) is 0 Å². The Morgan fingerprint density at radius 1 is 1.80 bits per heavy atom. The molecule has 10 heavy (non-hydrogen) atoms. The van der Waals surface area contributed by atoms with Gasteiger partial charge >= 0.3 is 0 Å². The summed E-state index contributed by atoms with van der Waals surface area (Å²) in [6.07, 6.45) is 2.52. The van der Waals surface area contributed by atoms with Gasteiger partial charge in [-0.05, 0) is 0 Å². The van der Waals surface area contributed by atoms with E-state index < -0.39 is 0 Å². The number of fused-ring (bicyclic) bond motifs is 1. The molecule has 0 aromatic heterocycles. The molecule has 1 fully saturated rings. The molecule has 2 heterocycles. The fourth-order valence-electron chi connectivity index (χ4n) is 1.38. The van der Waals surface area contributed by atoms with Crippen LogP contribution in [0.15, 0.2) is 12.0 Å². The van der Waals surface area contributed by atoms with Crippen molar-refractivity contribution in [3.8, 4) is 0 Å². The Morgan fingerprint density at radius 3 is 3.50 bits per heavy atom. The lowest BCUT2D eigenvalue weighted by Gasteiger charge is -2.29. The summed E-state index contributed by atoms with van der Waals surface area (Å²) in [6.45, 7) is 4.98. The Balaban J connectivity index is 2.06. The summed E-state index contributed by atoms with van der Waals surface area (Å²) in [4.78, 5) is 2.10. The van der Waals surface area contributed by atoms with E-state index in [2.05, 4.69) is 16.8 Å². The van der Waals surface area contributed by atoms with E-state index in [1.54, 1.807) is 6.20 Å². The van der Waals surface area contributed by atoms with Crippen molar-refractivity contribution in [2.45, 2.75) is 12.5 Å². The zero-order chi connectivity index (χ0) is 6.97. The van der Waals surface area contributed by atoms with Crippen molar-refractivity contribution >= 4 is 0 Å². The Morgan fingerprint density at radius 2 is 2.70 bits per heavy atom. The topological polar surface area (TPSA) is 35.5 Å². The first-order chi connectivity index (χ1) is 4.86. The summed E-state index contributed by atoms with van der Waals surface area (Å²) in [5, 5.41) is 12.2. The van der Waals surface area contributed by atoms with Gasteiger partial charge in [-0.3, -0.25) is 0 Å². The van der Waals surface area contributed by atoms with E-state index in [4.69, 9.17) is 5.11 Å². The Hall–Kier alpha value is -0.700. The molecule has 3 nitrogen and oxygen atoms in total. The minimum Gasteiger partial charge on any atom is -0.511 e. The van der Waals surface area contributed by atoms with Crippen molar-refractivity contribution in [3.05, 3.63) is 18.5 Å². The smallest absolute Gasteiger partial charge is 0.110 e. The van der Waals surface area contributed by atoms with Crippen molar-refractivity contribution in [3.63, 3.8) is 0 Å². The van der Waals surface area contributed by atoms with Crippen molar-refractivity contribution < 1.29 is 5.11 Å². The van der Waals surface area contributed by atoms with Gasteiger partial charge in [0.05, 0.1) is 12.6 Å². The molecule has 0 bridgehead atoms. The minimum atomic E-state index is 0.272. The van der Waals surface area contributed by atoms with Gasteiger partial charge in [0, 0.05) is 25.7 Å². The molecule has 1 unspecified atom stereocenters. The second-order valence-corrected chi connectivity index (χ2v) is 2.65. The van der Waals surface area contributed by atoms with Gasteiger partial charge in [-0.15, -0.1) is 0 Å². The monoisotopic (exact) mass is 138 g/mol. The molecule has 2 aliphatic rings. The predicted octanol–water partition coefficient (Wildman–Crippen LogP) is 0.102. The predicted molar refractivity (Wildman–Crippen MR) is 37.1 cm³/mol. The molecule has 1 atom stereocenters. The van der Waals surface area contributed by atoms with Gasteiger partial charge in [0.1, 0.15) is 5.76 Å². The molecule has 0 aromatic carbocycles. The zero-order valence-corrected chi connectivity index (χ0v) is 5.67. The molecule has 2 rings (SSSR count). The van der Waals surface area contributed by atoms with Gasteiger partial charge in [-0.1, -0.05) is 0 Å². The van der Waals surface area contributed by atoms with Crippen LogP contribution in [0.2, 0.25) is 0 Å². The Kier molecular flexibility index (Phi) is 1.31. The summed E-state index contributed by atoms with van der Waals surface area (Å²) in [6, 6.07) is 0.272. The van der Waals surface area contributed by atoms with Crippen molar-refractivity contribution in [1.82, 2.24) is 10.2 Å². The molecule has 1 saturated heterocycles. The molecular formula is C7H10N2O. The molecule has 54 valence electrons. The number of nitrogens with one attached hydrogen (secondary N) is 1. The Labute approximate surface area is 60.3 Å². The summed E-state index contributed by atoms with van der Waals surface area (Å²) < 4.78 is 0. The fraction of sp³-hybridized carbons (Fsp3) is 0.571. The number of piperazine rings is 1. The van der Waals surface area contributed by atoms with E-state index in [9.17, 15) is 0 Å². The number of hydrogen-bond acceptors (Lipinski definition) is 3. The van der Waals surface area contributed by atoms with Crippen molar-refractivity contribution in [2.24, 2.45) is 0 Å². The first kappa shape index (κ1) is 6.04. The van der Waals surface area contributed by atoms with Crippen LogP contribution >= 0.6 is 0 Å². The van der Waals surface area contributed by atoms with Gasteiger partial charge in [-0.2, -0.15) is 0 Å². The van der Waals surface area contributed by atoms with Gasteiger partial charge in [0.25, 0.3) is 0 Å². The first-order valence-electron chi connectivity index (χ1n) is 3.50. The molecular weight excluding hydrogens is 128 g/mol. The summed E-state index contributed by atoms with van der Waals surface area (Å²) >= 11 is 0. The average Bonchev–Trinajstić information content (AvgIpc) is 2.27. The number of nitrogens with zero attached hydrogens (tertiary/aromatic N) is 1. The van der Waals surface area contributed by atoms with E-state index in [-0.39, 0.29) is 6.04 Å². The lowest BCUT2D eigenvalue weighted by atomic mass is 10.2. The molecule has 3 heteroatoms. The van der Waals surface area contributed by atoms with E-state index >= 15 is 0 Å². The lowest BCUT2D eigenvalue weighted by Crippen LogP contribution is -2.42. The fourth-order valence-corrected chi connectivity index (χ4v) is 1.38. The maximum atomic E-state index is 9.11. The normalized spacial score (nSPS) is 31.8. The van der Waals surface area contributed by atoms with E-state index in [0.29, 0.717) is 12.2 Å². The number of rotatable bonds is 0. The molecule has 0 aromatic rings. The third-order valence-electron chi connectivity index (χ3n) is 1.88. The van der Waals surface area contributed by atoms with Gasteiger partial charge in [0.2, 0.25) is 0 Å². The van der Waals surface area contributed by atoms with Crippen LogP contribution in [0.5, 0.6) is 0 Å². The maximum Gasteiger partial charge on any atom is 0.110 e. The standard InChI is InChI=1S/C7H10N2O/c10-7-3-6-4-8-1-2-9(6)5-7/h5-6,8,10H,1-3H2. The summed E-state index contributed by atoms with van der Waals surface area (Å²) in [7, 11) is 0. The SMILES string of the molecule is OC1=CN2CCN[C]C2C1. The highest BCUT2D eigenvalue weighted by Gasteiger charge is 2.26. The highest BCUT2D eigenvalue weighted by molar-refractivity contribution is 5.09. The van der Waals surface area contributed by atoms with Crippen molar-refractivity contribution in [1.29, 1.82) is 0 Å². The van der Waals surface area contributed by atoms with Crippen LogP contribution < -0.4 is 5.32 Å².